The van der Waals surface area contributed by atoms with Gasteiger partial charge in [0.25, 0.3) is 0 Å². The van der Waals surface area contributed by atoms with Crippen molar-refractivity contribution in [2.45, 2.75) is 38.3 Å². The summed E-state index contributed by atoms with van der Waals surface area (Å²) in [5.74, 6) is 0.573. The summed E-state index contributed by atoms with van der Waals surface area (Å²) in [6.07, 6.45) is 3.43. The number of nitrogens with zero attached hydrogens (tertiary/aromatic N) is 2. The van der Waals surface area contributed by atoms with Crippen molar-refractivity contribution in [3.8, 4) is 0 Å². The van der Waals surface area contributed by atoms with E-state index in [1.165, 1.54) is 22.4 Å². The van der Waals surface area contributed by atoms with Gasteiger partial charge in [-0.1, -0.05) is 22.0 Å². The van der Waals surface area contributed by atoms with Crippen molar-refractivity contribution in [1.82, 2.24) is 15.1 Å². The molecule has 2 N–H and O–H groups in total. The molecule has 4 rings (SSSR count). The molecular formula is C20H27BrN4O. The molecule has 3 aliphatic rings. The van der Waals surface area contributed by atoms with Gasteiger partial charge in [-0.05, 0) is 56.1 Å². The molecule has 0 radical (unpaired) electrons. The average Bonchev–Trinajstić information content (AvgIpc) is 3.02. The number of nitrogens with one attached hydrogen (secondary N) is 2. The van der Waals surface area contributed by atoms with Crippen LogP contribution in [-0.4, -0.2) is 61.1 Å². The number of anilines is 1. The Morgan fingerprint density at radius 3 is 2.88 bits per heavy atom. The first-order valence-corrected chi connectivity index (χ1v) is 10.4. The van der Waals surface area contributed by atoms with Gasteiger partial charge in [0.2, 0.25) is 0 Å². The Morgan fingerprint density at radius 1 is 1.38 bits per heavy atom. The van der Waals surface area contributed by atoms with E-state index in [0.29, 0.717) is 12.0 Å². The second-order valence-electron chi connectivity index (χ2n) is 7.50. The fourth-order valence-corrected chi connectivity index (χ4v) is 5.31. The molecule has 1 aromatic rings. The van der Waals surface area contributed by atoms with Crippen molar-refractivity contribution in [2.24, 2.45) is 0 Å². The van der Waals surface area contributed by atoms with Gasteiger partial charge >= 0.3 is 6.03 Å². The molecular weight excluding hydrogens is 392 g/mol. The topological polar surface area (TPSA) is 47.6 Å². The van der Waals surface area contributed by atoms with Crippen LogP contribution in [0.4, 0.5) is 10.5 Å². The second kappa shape index (κ2) is 6.89. The highest BCUT2D eigenvalue weighted by Crippen LogP contribution is 2.50. The number of carbonyl (C=O) groups excluding carboxylic acids is 1. The van der Waals surface area contributed by atoms with E-state index >= 15 is 0 Å². The van der Waals surface area contributed by atoms with Crippen LogP contribution < -0.4 is 10.6 Å². The van der Waals surface area contributed by atoms with Crippen LogP contribution in [0, 0.1) is 0 Å². The first-order chi connectivity index (χ1) is 12.5. The Balaban J connectivity index is 1.69. The highest BCUT2D eigenvalue weighted by atomic mass is 79.9. The third kappa shape index (κ3) is 2.83. The minimum atomic E-state index is 0.0245. The summed E-state index contributed by atoms with van der Waals surface area (Å²) in [5.41, 5.74) is 5.41. The van der Waals surface area contributed by atoms with Crippen LogP contribution in [0.5, 0.6) is 0 Å². The normalized spacial score (nSPS) is 26.5. The molecule has 140 valence electrons. The molecule has 0 saturated heterocycles. The molecule has 1 aromatic carbocycles. The monoisotopic (exact) mass is 418 g/mol. The summed E-state index contributed by atoms with van der Waals surface area (Å²) in [6.45, 7) is 7.38. The van der Waals surface area contributed by atoms with Gasteiger partial charge in [-0.25, -0.2) is 4.79 Å². The Morgan fingerprint density at radius 2 is 2.15 bits per heavy atom. The highest BCUT2D eigenvalue weighted by molar-refractivity contribution is 9.10. The van der Waals surface area contributed by atoms with Crippen LogP contribution in [0.25, 0.3) is 5.57 Å². The van der Waals surface area contributed by atoms with Gasteiger partial charge in [-0.15, -0.1) is 0 Å². The number of fused-ring (bicyclic) bond motifs is 2. The van der Waals surface area contributed by atoms with E-state index in [-0.39, 0.29) is 12.1 Å². The lowest BCUT2D eigenvalue weighted by molar-refractivity contribution is 0.191. The number of likely N-dealkylation sites (N-methyl/N-ethyl adjacent to an activating group) is 1. The molecule has 2 amide bonds. The number of urea groups is 1. The molecule has 5 nitrogen and oxygen atoms in total. The molecule has 0 aromatic heterocycles. The number of halogens is 1. The summed E-state index contributed by atoms with van der Waals surface area (Å²) in [5, 5.41) is 6.78. The van der Waals surface area contributed by atoms with E-state index in [1.54, 1.807) is 0 Å². The lowest BCUT2D eigenvalue weighted by Crippen LogP contribution is -2.52. The molecule has 3 atom stereocenters. The number of hydrogen-bond acceptors (Lipinski definition) is 3. The van der Waals surface area contributed by atoms with Gasteiger partial charge in [0.1, 0.15) is 0 Å². The first kappa shape index (κ1) is 17.9. The minimum Gasteiger partial charge on any atom is -0.384 e. The fourth-order valence-electron chi connectivity index (χ4n) is 4.73. The van der Waals surface area contributed by atoms with E-state index in [0.717, 1.165) is 37.1 Å². The van der Waals surface area contributed by atoms with Crippen molar-refractivity contribution >= 4 is 33.2 Å². The summed E-state index contributed by atoms with van der Waals surface area (Å²) < 4.78 is 1.16. The third-order valence-electron chi connectivity index (χ3n) is 6.05. The molecule has 2 aliphatic heterocycles. The van der Waals surface area contributed by atoms with Gasteiger partial charge < -0.3 is 15.5 Å². The quantitative estimate of drug-likeness (QED) is 0.789. The Kier molecular flexibility index (Phi) is 4.73. The number of rotatable bonds is 3. The molecule has 2 heterocycles. The van der Waals surface area contributed by atoms with E-state index in [9.17, 15) is 4.79 Å². The lowest BCUT2D eigenvalue weighted by Gasteiger charge is -2.42. The third-order valence-corrected chi connectivity index (χ3v) is 6.72. The van der Waals surface area contributed by atoms with Gasteiger partial charge in [0.15, 0.2) is 0 Å². The lowest BCUT2D eigenvalue weighted by atomic mass is 9.75. The maximum atomic E-state index is 12.5. The smallest absolute Gasteiger partial charge is 0.317 e. The SMILES string of the molecule is CCN(CC)C(=O)N[C@H]1C=C2c3c(Br)ccc4c3C(CN4)C[C@H]2N(C)C1. The zero-order chi connectivity index (χ0) is 18.4. The van der Waals surface area contributed by atoms with Crippen LogP contribution in [0.3, 0.4) is 0 Å². The minimum absolute atomic E-state index is 0.0245. The van der Waals surface area contributed by atoms with E-state index in [2.05, 4.69) is 56.7 Å². The summed E-state index contributed by atoms with van der Waals surface area (Å²) in [7, 11) is 2.18. The van der Waals surface area contributed by atoms with Crippen LogP contribution in [-0.2, 0) is 0 Å². The van der Waals surface area contributed by atoms with Crippen molar-refractivity contribution in [1.29, 1.82) is 0 Å². The van der Waals surface area contributed by atoms with Crippen LogP contribution in [0.15, 0.2) is 22.7 Å². The number of hydrogen-bond donors (Lipinski definition) is 2. The standard InChI is InChI=1S/C20H27BrN4O/c1-4-25(5-2)20(26)23-13-9-14-17(24(3)11-13)8-12-10-22-16-7-6-15(21)19(14)18(12)16/h6-7,9,12-13,17,22H,4-5,8,10-11H2,1-3H3,(H,23,26)/t12?,13-,17+/m0/s1. The molecule has 6 heteroatoms. The molecule has 0 bridgehead atoms. The van der Waals surface area contributed by atoms with E-state index in [1.807, 2.05) is 18.7 Å². The average molecular weight is 419 g/mol. The maximum Gasteiger partial charge on any atom is 0.317 e. The van der Waals surface area contributed by atoms with E-state index < -0.39 is 0 Å². The Labute approximate surface area is 163 Å². The van der Waals surface area contributed by atoms with E-state index in [4.69, 9.17) is 0 Å². The number of amides is 2. The van der Waals surface area contributed by atoms with Crippen molar-refractivity contribution < 1.29 is 4.79 Å². The zero-order valence-electron chi connectivity index (χ0n) is 15.7. The molecule has 1 unspecified atom stereocenters. The maximum absolute atomic E-state index is 12.5. The Hall–Kier alpha value is -1.53. The molecule has 0 spiro atoms. The number of benzene rings is 1. The summed E-state index contributed by atoms with van der Waals surface area (Å²) in [6, 6.07) is 4.80. The van der Waals surface area contributed by atoms with Crippen molar-refractivity contribution in [3.05, 3.63) is 33.8 Å². The first-order valence-electron chi connectivity index (χ1n) is 9.57. The summed E-state index contributed by atoms with van der Waals surface area (Å²) in [4.78, 5) is 16.8. The molecule has 26 heavy (non-hydrogen) atoms. The molecule has 1 aliphatic carbocycles. The predicted molar refractivity (Wildman–Crippen MR) is 110 cm³/mol. The van der Waals surface area contributed by atoms with Gasteiger partial charge in [0.05, 0.1) is 6.04 Å². The largest absolute Gasteiger partial charge is 0.384 e. The van der Waals surface area contributed by atoms with Crippen molar-refractivity contribution in [3.63, 3.8) is 0 Å². The second-order valence-corrected chi connectivity index (χ2v) is 8.36. The van der Waals surface area contributed by atoms with Crippen molar-refractivity contribution in [2.75, 3.05) is 38.5 Å². The summed E-state index contributed by atoms with van der Waals surface area (Å²) >= 11 is 3.79. The van der Waals surface area contributed by atoms with Gasteiger partial charge in [0, 0.05) is 48.3 Å². The van der Waals surface area contributed by atoms with Crippen LogP contribution in [0.1, 0.15) is 37.3 Å². The number of carbonyl (C=O) groups is 1. The van der Waals surface area contributed by atoms with Crippen LogP contribution in [0.2, 0.25) is 0 Å². The fraction of sp³-hybridized carbons (Fsp3) is 0.550. The highest BCUT2D eigenvalue weighted by Gasteiger charge is 2.41. The van der Waals surface area contributed by atoms with Crippen LogP contribution >= 0.6 is 15.9 Å². The predicted octanol–water partition coefficient (Wildman–Crippen LogP) is 3.48. The van der Waals surface area contributed by atoms with Gasteiger partial charge in [-0.2, -0.15) is 0 Å². The molecule has 0 fully saturated rings. The molecule has 0 saturated carbocycles. The zero-order valence-corrected chi connectivity index (χ0v) is 17.3. The Bertz CT molecular complexity index is 758. The van der Waals surface area contributed by atoms with Gasteiger partial charge in [-0.3, -0.25) is 4.90 Å².